The van der Waals surface area contributed by atoms with Crippen molar-refractivity contribution < 1.29 is 14.7 Å². The van der Waals surface area contributed by atoms with Crippen LogP contribution in [0.25, 0.3) is 11.0 Å². The van der Waals surface area contributed by atoms with Crippen LogP contribution in [0.3, 0.4) is 0 Å². The van der Waals surface area contributed by atoms with Crippen molar-refractivity contribution in [2.75, 3.05) is 0 Å². The van der Waals surface area contributed by atoms with E-state index in [1.165, 1.54) is 10.6 Å². The van der Waals surface area contributed by atoms with Crippen LogP contribution in [-0.2, 0) is 7.05 Å². The van der Waals surface area contributed by atoms with Crippen LogP contribution in [0.5, 0.6) is 0 Å². The molecule has 0 radical (unpaired) electrons. The van der Waals surface area contributed by atoms with Crippen LogP contribution in [0.1, 0.15) is 34.8 Å². The summed E-state index contributed by atoms with van der Waals surface area (Å²) in [5.41, 5.74) is 1.26. The number of fused-ring (bicyclic) bond motifs is 1. The molecule has 20 heavy (non-hydrogen) atoms. The highest BCUT2D eigenvalue weighted by atomic mass is 35.5. The lowest BCUT2D eigenvalue weighted by Gasteiger charge is -2.09. The monoisotopic (exact) mass is 295 g/mol. The van der Waals surface area contributed by atoms with Crippen LogP contribution in [0, 0.1) is 0 Å². The van der Waals surface area contributed by atoms with E-state index in [0.29, 0.717) is 11.0 Å². The number of carboxylic acid groups (broad SMARTS) is 1. The summed E-state index contributed by atoms with van der Waals surface area (Å²) in [7, 11) is 1.59. The molecule has 7 heteroatoms. The highest BCUT2D eigenvalue weighted by molar-refractivity contribution is 6.34. The van der Waals surface area contributed by atoms with Crippen molar-refractivity contribution in [3.63, 3.8) is 0 Å². The molecule has 0 atom stereocenters. The first-order chi connectivity index (χ1) is 9.31. The maximum Gasteiger partial charge on any atom is 0.372 e. The van der Waals surface area contributed by atoms with Gasteiger partial charge in [-0.25, -0.2) is 9.78 Å². The molecule has 0 saturated carbocycles. The van der Waals surface area contributed by atoms with Gasteiger partial charge in [0.2, 0.25) is 5.82 Å². The van der Waals surface area contributed by atoms with Gasteiger partial charge in [0.25, 0.3) is 5.91 Å². The summed E-state index contributed by atoms with van der Waals surface area (Å²) in [5.74, 6) is -1.54. The van der Waals surface area contributed by atoms with E-state index >= 15 is 0 Å². The van der Waals surface area contributed by atoms with Crippen LogP contribution in [0.4, 0.5) is 0 Å². The fourth-order valence-electron chi connectivity index (χ4n) is 1.92. The summed E-state index contributed by atoms with van der Waals surface area (Å²) in [5, 5.41) is 12.0. The smallest absolute Gasteiger partial charge is 0.372 e. The largest absolute Gasteiger partial charge is 0.475 e. The van der Waals surface area contributed by atoms with Crippen molar-refractivity contribution in [1.29, 1.82) is 0 Å². The lowest BCUT2D eigenvalue weighted by Crippen LogP contribution is -2.30. The number of nitrogens with one attached hydrogen (secondary N) is 1. The topological polar surface area (TPSA) is 84.2 Å². The number of rotatable bonds is 3. The number of aromatic carboxylic acids is 1. The predicted molar refractivity (Wildman–Crippen MR) is 75.3 cm³/mol. The van der Waals surface area contributed by atoms with E-state index in [4.69, 9.17) is 16.7 Å². The van der Waals surface area contributed by atoms with Gasteiger partial charge in [-0.1, -0.05) is 11.6 Å². The quantitative estimate of drug-likeness (QED) is 0.908. The highest BCUT2D eigenvalue weighted by Crippen LogP contribution is 2.24. The van der Waals surface area contributed by atoms with Gasteiger partial charge in [-0.05, 0) is 26.0 Å². The Morgan fingerprint density at radius 2 is 2.05 bits per heavy atom. The number of carbonyl (C=O) groups is 2. The Hall–Kier alpha value is -2.08. The predicted octanol–water partition coefficient (Wildman–Crippen LogP) is 2.06. The molecular formula is C13H14ClN3O3. The third-order valence-electron chi connectivity index (χ3n) is 2.83. The maximum absolute atomic E-state index is 12.0. The van der Waals surface area contributed by atoms with Crippen molar-refractivity contribution in [3.8, 4) is 0 Å². The van der Waals surface area contributed by atoms with Gasteiger partial charge in [0.15, 0.2) is 0 Å². The molecular weight excluding hydrogens is 282 g/mol. The average molecular weight is 296 g/mol. The zero-order chi connectivity index (χ0) is 15.0. The molecule has 0 saturated heterocycles. The van der Waals surface area contributed by atoms with Crippen molar-refractivity contribution in [2.45, 2.75) is 19.9 Å². The summed E-state index contributed by atoms with van der Waals surface area (Å²) in [6, 6.07) is 3.03. The Morgan fingerprint density at radius 1 is 1.40 bits per heavy atom. The zero-order valence-corrected chi connectivity index (χ0v) is 12.0. The molecule has 0 bridgehead atoms. The van der Waals surface area contributed by atoms with Gasteiger partial charge in [-0.15, -0.1) is 0 Å². The molecule has 2 rings (SSSR count). The summed E-state index contributed by atoms with van der Waals surface area (Å²) >= 11 is 6.09. The standard InChI is InChI=1S/C13H14ClN3O3/c1-6(2)15-12(18)7-4-9-10(5-8(7)14)17(3)11(16-9)13(19)20/h4-6H,1-3H3,(H,15,18)(H,19,20). The van der Waals surface area contributed by atoms with Gasteiger partial charge < -0.3 is 15.0 Å². The summed E-state index contributed by atoms with van der Waals surface area (Å²) in [4.78, 5) is 27.0. The maximum atomic E-state index is 12.0. The number of carbonyl (C=O) groups excluding carboxylic acids is 1. The number of imidazole rings is 1. The van der Waals surface area contributed by atoms with Crippen molar-refractivity contribution in [3.05, 3.63) is 28.5 Å². The zero-order valence-electron chi connectivity index (χ0n) is 11.3. The number of carboxylic acids is 1. The van der Waals surface area contributed by atoms with Crippen LogP contribution in [-0.4, -0.2) is 32.6 Å². The Kier molecular flexibility index (Phi) is 3.67. The molecule has 0 aliphatic rings. The van der Waals surface area contributed by atoms with Crippen LogP contribution >= 0.6 is 11.6 Å². The molecule has 0 fully saturated rings. The first-order valence-corrected chi connectivity index (χ1v) is 6.39. The molecule has 1 aromatic heterocycles. The molecule has 2 aromatic rings. The molecule has 6 nitrogen and oxygen atoms in total. The molecule has 1 heterocycles. The molecule has 0 aliphatic carbocycles. The molecule has 0 spiro atoms. The van der Waals surface area contributed by atoms with Gasteiger partial charge in [-0.3, -0.25) is 4.79 Å². The minimum atomic E-state index is -1.13. The Morgan fingerprint density at radius 3 is 2.60 bits per heavy atom. The second-order valence-corrected chi connectivity index (χ2v) is 5.16. The fraction of sp³-hybridized carbons (Fsp3) is 0.308. The van der Waals surface area contributed by atoms with Crippen LogP contribution in [0.2, 0.25) is 5.02 Å². The van der Waals surface area contributed by atoms with E-state index in [-0.39, 0.29) is 28.4 Å². The first kappa shape index (κ1) is 14.3. The number of hydrogen-bond donors (Lipinski definition) is 2. The van der Waals surface area contributed by atoms with E-state index in [1.807, 2.05) is 13.8 Å². The van der Waals surface area contributed by atoms with Crippen LogP contribution < -0.4 is 5.32 Å². The number of halogens is 1. The summed E-state index contributed by atoms with van der Waals surface area (Å²) < 4.78 is 1.42. The molecule has 106 valence electrons. The Bertz CT molecular complexity index is 706. The third kappa shape index (κ3) is 2.46. The van der Waals surface area contributed by atoms with Gasteiger partial charge in [0, 0.05) is 13.1 Å². The number of benzene rings is 1. The molecule has 2 N–H and O–H groups in total. The molecule has 0 aliphatic heterocycles. The van der Waals surface area contributed by atoms with Crippen molar-refractivity contribution >= 4 is 34.5 Å². The SMILES string of the molecule is CC(C)NC(=O)c1cc2nc(C(=O)O)n(C)c2cc1Cl. The van der Waals surface area contributed by atoms with E-state index in [0.717, 1.165) is 0 Å². The van der Waals surface area contributed by atoms with Gasteiger partial charge in [0.05, 0.1) is 21.6 Å². The lowest BCUT2D eigenvalue weighted by molar-refractivity contribution is 0.0680. The van der Waals surface area contributed by atoms with E-state index in [2.05, 4.69) is 10.3 Å². The second-order valence-electron chi connectivity index (χ2n) is 4.75. The van der Waals surface area contributed by atoms with Crippen LogP contribution in [0.15, 0.2) is 12.1 Å². The van der Waals surface area contributed by atoms with E-state index in [1.54, 1.807) is 13.1 Å². The highest BCUT2D eigenvalue weighted by Gasteiger charge is 2.18. The van der Waals surface area contributed by atoms with E-state index in [9.17, 15) is 9.59 Å². The van der Waals surface area contributed by atoms with Crippen molar-refractivity contribution in [2.24, 2.45) is 7.05 Å². The fourth-order valence-corrected chi connectivity index (χ4v) is 2.16. The normalized spacial score (nSPS) is 11.1. The van der Waals surface area contributed by atoms with Gasteiger partial charge >= 0.3 is 5.97 Å². The Balaban J connectivity index is 2.57. The number of nitrogens with zero attached hydrogens (tertiary/aromatic N) is 2. The number of amides is 1. The molecule has 0 unspecified atom stereocenters. The minimum absolute atomic E-state index is 0.0208. The van der Waals surface area contributed by atoms with Gasteiger partial charge in [0.1, 0.15) is 0 Å². The Labute approximate surface area is 120 Å². The van der Waals surface area contributed by atoms with Gasteiger partial charge in [-0.2, -0.15) is 0 Å². The number of aryl methyl sites for hydroxylation is 1. The minimum Gasteiger partial charge on any atom is -0.475 e. The summed E-state index contributed by atoms with van der Waals surface area (Å²) in [6.07, 6.45) is 0. The lowest BCUT2D eigenvalue weighted by atomic mass is 10.1. The third-order valence-corrected chi connectivity index (χ3v) is 3.14. The average Bonchev–Trinajstić information content (AvgIpc) is 2.65. The second kappa shape index (κ2) is 5.13. The van der Waals surface area contributed by atoms with E-state index < -0.39 is 5.97 Å². The summed E-state index contributed by atoms with van der Waals surface area (Å²) in [6.45, 7) is 3.68. The first-order valence-electron chi connectivity index (χ1n) is 6.01. The number of aromatic nitrogens is 2. The number of hydrogen-bond acceptors (Lipinski definition) is 3. The van der Waals surface area contributed by atoms with Crippen molar-refractivity contribution in [1.82, 2.24) is 14.9 Å². The molecule has 1 amide bonds. The molecule has 1 aromatic carbocycles.